The number of fused-ring (bicyclic) bond motifs is 2. The minimum Gasteiger partial charge on any atom is -0.486 e. The fourth-order valence-corrected chi connectivity index (χ4v) is 5.31. The standard InChI is InChI=1S/C22H21BrO4/c23-18-7-13(19(25)8-14-16-10-26-11-17(14)16)6-15-21(12-4-2-1-3-5-12)20(9-24)27-22(15)18/h1-7,14,16-17,20-21,24H,8-11H2/t14?,16-,17+,20-,21+/m1/s1. The maximum atomic E-state index is 12.9. The van der Waals surface area contributed by atoms with Gasteiger partial charge in [-0.15, -0.1) is 0 Å². The van der Waals surface area contributed by atoms with Gasteiger partial charge in [-0.25, -0.2) is 0 Å². The van der Waals surface area contributed by atoms with Crippen molar-refractivity contribution in [2.75, 3.05) is 19.8 Å². The van der Waals surface area contributed by atoms with Crippen LogP contribution in [-0.2, 0) is 4.74 Å². The SMILES string of the molecule is O=C(CC1[C@H]2COC[C@@H]12)c1cc(Br)c2c(c1)[C@H](c1ccccc1)[C@@H](CO)O2. The lowest BCUT2D eigenvalue weighted by molar-refractivity contribution is 0.0950. The predicted molar refractivity (Wildman–Crippen MR) is 104 cm³/mol. The minimum absolute atomic E-state index is 0.0740. The van der Waals surface area contributed by atoms with Crippen LogP contribution in [0.3, 0.4) is 0 Å². The highest BCUT2D eigenvalue weighted by atomic mass is 79.9. The summed E-state index contributed by atoms with van der Waals surface area (Å²) in [6.45, 7) is 1.53. The normalized spacial score (nSPS) is 30.5. The molecule has 2 fully saturated rings. The Labute approximate surface area is 166 Å². The molecule has 1 saturated carbocycles. The van der Waals surface area contributed by atoms with E-state index in [1.807, 2.05) is 42.5 Å². The maximum Gasteiger partial charge on any atom is 0.163 e. The molecule has 0 spiro atoms. The van der Waals surface area contributed by atoms with E-state index in [0.29, 0.717) is 24.2 Å². The third-order valence-electron chi connectivity index (χ3n) is 6.26. The van der Waals surface area contributed by atoms with Crippen molar-refractivity contribution in [3.63, 3.8) is 0 Å². The lowest BCUT2D eigenvalue weighted by Crippen LogP contribution is -2.23. The molecule has 0 aromatic heterocycles. The van der Waals surface area contributed by atoms with Crippen LogP contribution in [-0.4, -0.2) is 36.8 Å². The molecule has 2 aliphatic heterocycles. The summed E-state index contributed by atoms with van der Waals surface area (Å²) in [6, 6.07) is 13.8. The van der Waals surface area contributed by atoms with Crippen molar-refractivity contribution in [1.29, 1.82) is 0 Å². The summed E-state index contributed by atoms with van der Waals surface area (Å²) < 4.78 is 12.2. The molecule has 2 aromatic rings. The van der Waals surface area contributed by atoms with Crippen LogP contribution in [0.2, 0.25) is 0 Å². The molecular weight excluding hydrogens is 408 g/mol. The van der Waals surface area contributed by atoms with Gasteiger partial charge in [0.05, 0.1) is 30.2 Å². The second kappa shape index (κ2) is 6.73. The highest BCUT2D eigenvalue weighted by Crippen LogP contribution is 2.53. The zero-order valence-corrected chi connectivity index (χ0v) is 16.4. The van der Waals surface area contributed by atoms with Crippen molar-refractivity contribution in [3.05, 3.63) is 63.6 Å². The number of carbonyl (C=O) groups is 1. The fraction of sp³-hybridized carbons (Fsp3) is 0.409. The van der Waals surface area contributed by atoms with Crippen molar-refractivity contribution < 1.29 is 19.4 Å². The molecular formula is C22H21BrO4. The molecule has 5 heteroatoms. The quantitative estimate of drug-likeness (QED) is 0.735. The van der Waals surface area contributed by atoms with Gasteiger partial charge in [0.25, 0.3) is 0 Å². The minimum atomic E-state index is -0.344. The Kier molecular flexibility index (Phi) is 4.34. The van der Waals surface area contributed by atoms with Gasteiger partial charge in [-0.3, -0.25) is 4.79 Å². The first-order valence-electron chi connectivity index (χ1n) is 9.44. The highest BCUT2D eigenvalue weighted by molar-refractivity contribution is 9.10. The van der Waals surface area contributed by atoms with Crippen molar-refractivity contribution in [1.82, 2.24) is 0 Å². The topological polar surface area (TPSA) is 55.8 Å². The van der Waals surface area contributed by atoms with E-state index in [9.17, 15) is 9.90 Å². The van der Waals surface area contributed by atoms with Crippen molar-refractivity contribution in [2.24, 2.45) is 17.8 Å². The van der Waals surface area contributed by atoms with E-state index in [2.05, 4.69) is 15.9 Å². The van der Waals surface area contributed by atoms with E-state index < -0.39 is 0 Å². The fourth-order valence-electron chi connectivity index (χ4n) is 4.74. The van der Waals surface area contributed by atoms with E-state index in [-0.39, 0.29) is 24.4 Å². The molecule has 4 nitrogen and oxygen atoms in total. The number of carbonyl (C=O) groups excluding carboxylic acids is 1. The number of aliphatic hydroxyl groups is 1. The molecule has 0 radical (unpaired) electrons. The van der Waals surface area contributed by atoms with Gasteiger partial charge in [0, 0.05) is 17.5 Å². The zero-order valence-electron chi connectivity index (χ0n) is 14.8. The number of hydrogen-bond acceptors (Lipinski definition) is 4. The molecule has 5 rings (SSSR count). The van der Waals surface area contributed by atoms with Gasteiger partial charge in [0.2, 0.25) is 0 Å². The highest BCUT2D eigenvalue weighted by Gasteiger charge is 2.54. The van der Waals surface area contributed by atoms with Crippen LogP contribution in [0.5, 0.6) is 5.75 Å². The van der Waals surface area contributed by atoms with Crippen LogP contribution >= 0.6 is 15.9 Å². The van der Waals surface area contributed by atoms with Gasteiger partial charge >= 0.3 is 0 Å². The summed E-state index contributed by atoms with van der Waals surface area (Å²) in [5.74, 6) is 2.46. The first kappa shape index (κ1) is 17.4. The number of ether oxygens (including phenoxy) is 2. The summed E-state index contributed by atoms with van der Waals surface area (Å²) >= 11 is 3.57. The smallest absolute Gasteiger partial charge is 0.163 e. The third kappa shape index (κ3) is 2.93. The number of halogens is 1. The lowest BCUT2D eigenvalue weighted by atomic mass is 9.87. The summed E-state index contributed by atoms with van der Waals surface area (Å²) in [4.78, 5) is 12.9. The molecule has 1 unspecified atom stereocenters. The first-order chi connectivity index (χ1) is 13.2. The van der Waals surface area contributed by atoms with Crippen LogP contribution in [0, 0.1) is 17.8 Å². The average molecular weight is 429 g/mol. The molecule has 5 atom stereocenters. The monoisotopic (exact) mass is 428 g/mol. The van der Waals surface area contributed by atoms with Gasteiger partial charge < -0.3 is 14.6 Å². The molecule has 140 valence electrons. The number of Topliss-reactive ketones (excluding diaryl/α,β-unsaturated/α-hetero) is 1. The van der Waals surface area contributed by atoms with Gasteiger partial charge in [-0.1, -0.05) is 30.3 Å². The molecule has 0 bridgehead atoms. The molecule has 1 N–H and O–H groups in total. The number of ketones is 1. The molecule has 27 heavy (non-hydrogen) atoms. The maximum absolute atomic E-state index is 12.9. The number of benzene rings is 2. The number of rotatable bonds is 5. The Morgan fingerprint density at radius 3 is 2.59 bits per heavy atom. The van der Waals surface area contributed by atoms with Gasteiger partial charge in [-0.2, -0.15) is 0 Å². The Morgan fingerprint density at radius 1 is 1.15 bits per heavy atom. The molecule has 1 aliphatic carbocycles. The van der Waals surface area contributed by atoms with Crippen molar-refractivity contribution in [3.8, 4) is 5.75 Å². The van der Waals surface area contributed by atoms with E-state index in [4.69, 9.17) is 9.47 Å². The molecule has 1 saturated heterocycles. The van der Waals surface area contributed by atoms with E-state index in [0.717, 1.165) is 40.1 Å². The molecule has 2 aromatic carbocycles. The second-order valence-electron chi connectivity index (χ2n) is 7.76. The van der Waals surface area contributed by atoms with Crippen LogP contribution < -0.4 is 4.74 Å². The van der Waals surface area contributed by atoms with E-state index in [1.165, 1.54) is 0 Å². The average Bonchev–Trinajstić information content (AvgIpc) is 3.05. The van der Waals surface area contributed by atoms with Crippen molar-refractivity contribution >= 4 is 21.7 Å². The second-order valence-corrected chi connectivity index (χ2v) is 8.61. The molecule has 0 amide bonds. The Balaban J connectivity index is 1.46. The largest absolute Gasteiger partial charge is 0.486 e. The number of hydrogen-bond donors (Lipinski definition) is 1. The Morgan fingerprint density at radius 2 is 1.89 bits per heavy atom. The van der Waals surface area contributed by atoms with Gasteiger partial charge in [-0.05, 0) is 51.4 Å². The summed E-state index contributed by atoms with van der Waals surface area (Å²) in [5.41, 5.74) is 2.77. The summed E-state index contributed by atoms with van der Waals surface area (Å²) in [5, 5.41) is 9.84. The van der Waals surface area contributed by atoms with Crippen LogP contribution in [0.1, 0.15) is 33.8 Å². The van der Waals surface area contributed by atoms with Gasteiger partial charge in [0.1, 0.15) is 11.9 Å². The lowest BCUT2D eigenvalue weighted by Gasteiger charge is -2.17. The van der Waals surface area contributed by atoms with Crippen LogP contribution in [0.15, 0.2) is 46.9 Å². The third-order valence-corrected chi connectivity index (χ3v) is 6.85. The Hall–Kier alpha value is -1.69. The predicted octanol–water partition coefficient (Wildman–Crippen LogP) is 3.80. The molecule has 2 heterocycles. The van der Waals surface area contributed by atoms with Gasteiger partial charge in [0.15, 0.2) is 5.78 Å². The first-order valence-corrected chi connectivity index (χ1v) is 10.2. The van der Waals surface area contributed by atoms with E-state index >= 15 is 0 Å². The Bertz CT molecular complexity index is 871. The molecule has 3 aliphatic rings. The van der Waals surface area contributed by atoms with E-state index in [1.54, 1.807) is 0 Å². The van der Waals surface area contributed by atoms with Crippen molar-refractivity contribution in [2.45, 2.75) is 18.4 Å². The number of aliphatic hydroxyl groups excluding tert-OH is 1. The summed E-state index contributed by atoms with van der Waals surface area (Å²) in [6.07, 6.45) is 0.244. The zero-order chi connectivity index (χ0) is 18.5. The summed E-state index contributed by atoms with van der Waals surface area (Å²) in [7, 11) is 0. The van der Waals surface area contributed by atoms with Crippen LogP contribution in [0.4, 0.5) is 0 Å². The van der Waals surface area contributed by atoms with Crippen LogP contribution in [0.25, 0.3) is 0 Å².